The predicted molar refractivity (Wildman–Crippen MR) is 88.9 cm³/mol. The van der Waals surface area contributed by atoms with Crippen LogP contribution in [0.1, 0.15) is 6.92 Å². The van der Waals surface area contributed by atoms with Crippen LogP contribution >= 0.6 is 11.8 Å². The molecule has 0 saturated carbocycles. The predicted octanol–water partition coefficient (Wildman–Crippen LogP) is 1.54. The Morgan fingerprint density at radius 1 is 1.36 bits per heavy atom. The third-order valence-corrected chi connectivity index (χ3v) is 5.93. The molecule has 4 atom stereocenters. The van der Waals surface area contributed by atoms with Gasteiger partial charge in [0.1, 0.15) is 11.1 Å². The normalized spacial score (nSPS) is 24.4. The zero-order valence-corrected chi connectivity index (χ0v) is 14.9. The minimum Gasteiger partial charge on any atom is -0.449 e. The smallest absolute Gasteiger partial charge is 0.449 e. The van der Waals surface area contributed by atoms with Gasteiger partial charge >= 0.3 is 6.16 Å². The van der Waals surface area contributed by atoms with Crippen molar-refractivity contribution in [3.05, 3.63) is 35.2 Å². The van der Waals surface area contributed by atoms with Crippen LogP contribution in [0.4, 0.5) is 4.79 Å². The number of benzene rings is 1. The largest absolute Gasteiger partial charge is 0.512 e. The second kappa shape index (κ2) is 6.70. The van der Waals surface area contributed by atoms with Crippen LogP contribution in [-0.4, -0.2) is 49.1 Å². The maximum Gasteiger partial charge on any atom is 0.512 e. The average molecular weight is 385 g/mol. The van der Waals surface area contributed by atoms with Gasteiger partial charge in [0.2, 0.25) is 11.0 Å². The van der Waals surface area contributed by atoms with Gasteiger partial charge in [-0.3, -0.25) is 13.9 Å². The van der Waals surface area contributed by atoms with Crippen molar-refractivity contribution in [1.82, 2.24) is 4.90 Å². The number of fused-ring (bicyclic) bond motifs is 1. The molecule has 1 amide bonds. The van der Waals surface area contributed by atoms with Gasteiger partial charge in [0, 0.05) is 22.0 Å². The van der Waals surface area contributed by atoms with Gasteiger partial charge in [0.15, 0.2) is 0 Å². The third-order valence-electron chi connectivity index (χ3n) is 3.78. The quantitative estimate of drug-likeness (QED) is 0.580. The van der Waals surface area contributed by atoms with Gasteiger partial charge in [-0.1, -0.05) is 11.8 Å². The minimum atomic E-state index is -1.57. The molecule has 1 aromatic carbocycles. The Bertz CT molecular complexity index is 775. The van der Waals surface area contributed by atoms with Gasteiger partial charge in [0.25, 0.3) is 5.88 Å². The molecule has 2 aliphatic rings. The van der Waals surface area contributed by atoms with Crippen molar-refractivity contribution in [3.8, 4) is 5.75 Å². The third kappa shape index (κ3) is 3.24. The van der Waals surface area contributed by atoms with Crippen LogP contribution < -0.4 is 4.74 Å². The van der Waals surface area contributed by atoms with E-state index in [9.17, 15) is 18.9 Å². The summed E-state index contributed by atoms with van der Waals surface area (Å²) in [5.74, 6) is -0.887. The van der Waals surface area contributed by atoms with E-state index in [0.717, 1.165) is 11.8 Å². The first kappa shape index (κ1) is 17.8. The lowest BCUT2D eigenvalue weighted by molar-refractivity contribution is -0.155. The number of carboxylic acid groups (broad SMARTS) is 1. The second-order valence-corrected chi connectivity index (χ2v) is 7.94. The fraction of sp³-hybridized carbons (Fsp3) is 0.333. The summed E-state index contributed by atoms with van der Waals surface area (Å²) < 4.78 is 21.8. The van der Waals surface area contributed by atoms with E-state index < -0.39 is 40.3 Å². The zero-order chi connectivity index (χ0) is 18.3. The number of ether oxygens (including phenoxy) is 2. The number of β-lactam (4-membered cyclic amide) rings is 1. The highest BCUT2D eigenvalue weighted by atomic mass is 32.2. The van der Waals surface area contributed by atoms with E-state index in [1.165, 1.54) is 11.8 Å². The van der Waals surface area contributed by atoms with Crippen molar-refractivity contribution in [1.29, 1.82) is 0 Å². The van der Waals surface area contributed by atoms with E-state index in [1.807, 2.05) is 0 Å². The molecule has 0 spiro atoms. The molecule has 2 heterocycles. The van der Waals surface area contributed by atoms with E-state index in [4.69, 9.17) is 14.6 Å². The van der Waals surface area contributed by atoms with E-state index in [1.54, 1.807) is 30.5 Å². The molecule has 1 unspecified atom stereocenters. The summed E-state index contributed by atoms with van der Waals surface area (Å²) in [4.78, 5) is 24.9. The van der Waals surface area contributed by atoms with Crippen LogP contribution in [0.5, 0.6) is 5.75 Å². The van der Waals surface area contributed by atoms with Crippen molar-refractivity contribution in [2.24, 2.45) is 5.92 Å². The van der Waals surface area contributed by atoms with Crippen molar-refractivity contribution < 1.29 is 33.5 Å². The minimum absolute atomic E-state index is 0.120. The first-order chi connectivity index (χ1) is 11.8. The topological polar surface area (TPSA) is 113 Å². The molecule has 134 valence electrons. The molecular formula is C15H15NO7S2. The standard InChI is InChI=1S/C15H15NO7S2/c1-7(17)10-11(18)16-12(23-15(19)20)14(24-13(10)16)22-8-3-5-9(6-4-8)25(2)21/h3-7,10,13,17H,1-2H3,(H,19,20)/t7-,10+,13-,25?/m1/s1. The Morgan fingerprint density at radius 2 is 2.00 bits per heavy atom. The molecular weight excluding hydrogens is 370 g/mol. The molecule has 0 bridgehead atoms. The second-order valence-electron chi connectivity index (χ2n) is 5.47. The fourth-order valence-corrected chi connectivity index (χ4v) is 4.50. The number of hydrogen-bond acceptors (Lipinski definition) is 7. The van der Waals surface area contributed by atoms with Crippen molar-refractivity contribution in [2.45, 2.75) is 23.3 Å². The van der Waals surface area contributed by atoms with Crippen molar-refractivity contribution in [3.63, 3.8) is 0 Å². The first-order valence-electron chi connectivity index (χ1n) is 7.23. The van der Waals surface area contributed by atoms with Crippen LogP contribution in [0, 0.1) is 5.92 Å². The first-order valence-corrected chi connectivity index (χ1v) is 9.67. The van der Waals surface area contributed by atoms with Crippen molar-refractivity contribution >= 4 is 34.6 Å². The van der Waals surface area contributed by atoms with Crippen LogP contribution in [0.15, 0.2) is 40.1 Å². The van der Waals surface area contributed by atoms with E-state index in [-0.39, 0.29) is 11.0 Å². The highest BCUT2D eigenvalue weighted by Gasteiger charge is 2.58. The summed E-state index contributed by atoms with van der Waals surface area (Å²) in [6, 6.07) is 6.43. The molecule has 3 rings (SSSR count). The van der Waals surface area contributed by atoms with Gasteiger partial charge in [-0.15, -0.1) is 0 Å². The van der Waals surface area contributed by atoms with Gasteiger partial charge in [0.05, 0.1) is 12.0 Å². The number of rotatable bonds is 5. The number of amides is 1. The Kier molecular flexibility index (Phi) is 4.76. The SMILES string of the molecule is C[C@@H](O)[C@H]1C(=O)N2C(OC(=O)O)=C(Oc3ccc(S(C)=O)cc3)S[C@H]12. The molecule has 25 heavy (non-hydrogen) atoms. The van der Waals surface area contributed by atoms with Crippen LogP contribution in [0.3, 0.4) is 0 Å². The number of nitrogens with zero attached hydrogens (tertiary/aromatic N) is 1. The summed E-state index contributed by atoms with van der Waals surface area (Å²) in [6.45, 7) is 1.50. The van der Waals surface area contributed by atoms with Gasteiger partial charge in [-0.05, 0) is 31.2 Å². The number of carbonyl (C=O) groups excluding carboxylic acids is 1. The number of thioether (sulfide) groups is 1. The molecule has 1 fully saturated rings. The summed E-state index contributed by atoms with van der Waals surface area (Å²) in [7, 11) is -1.13. The fourth-order valence-electron chi connectivity index (χ4n) is 2.58. The number of carbonyl (C=O) groups is 2. The summed E-state index contributed by atoms with van der Waals surface area (Å²) in [5.41, 5.74) is 0. The van der Waals surface area contributed by atoms with Crippen LogP contribution in [-0.2, 0) is 20.3 Å². The van der Waals surface area contributed by atoms with E-state index in [0.29, 0.717) is 10.6 Å². The van der Waals surface area contributed by atoms with Gasteiger partial charge in [-0.2, -0.15) is 0 Å². The van der Waals surface area contributed by atoms with E-state index in [2.05, 4.69) is 0 Å². The van der Waals surface area contributed by atoms with E-state index >= 15 is 0 Å². The monoisotopic (exact) mass is 385 g/mol. The molecule has 0 radical (unpaired) electrons. The Hall–Kier alpha value is -2.04. The van der Waals surface area contributed by atoms with Gasteiger partial charge in [-0.25, -0.2) is 4.79 Å². The van der Waals surface area contributed by atoms with Crippen LogP contribution in [0.25, 0.3) is 0 Å². The maximum atomic E-state index is 12.2. The molecule has 8 nitrogen and oxygen atoms in total. The molecule has 1 saturated heterocycles. The summed E-state index contributed by atoms with van der Waals surface area (Å²) >= 11 is 1.11. The van der Waals surface area contributed by atoms with Crippen molar-refractivity contribution in [2.75, 3.05) is 6.26 Å². The number of hydrogen-bond donors (Lipinski definition) is 2. The highest BCUT2D eigenvalue weighted by Crippen LogP contribution is 2.50. The molecule has 0 aliphatic carbocycles. The maximum absolute atomic E-state index is 12.2. The molecule has 10 heteroatoms. The molecule has 1 aromatic rings. The lowest BCUT2D eigenvalue weighted by Crippen LogP contribution is -2.60. The molecule has 2 aliphatic heterocycles. The zero-order valence-electron chi connectivity index (χ0n) is 13.2. The highest BCUT2D eigenvalue weighted by molar-refractivity contribution is 8.03. The summed E-state index contributed by atoms with van der Waals surface area (Å²) in [6.07, 6.45) is -0.885. The van der Waals surface area contributed by atoms with Crippen LogP contribution in [0.2, 0.25) is 0 Å². The molecule has 0 aromatic heterocycles. The Morgan fingerprint density at radius 3 is 2.52 bits per heavy atom. The lowest BCUT2D eigenvalue weighted by atomic mass is 9.93. The lowest BCUT2D eigenvalue weighted by Gasteiger charge is -2.42. The molecule has 2 N–H and O–H groups in total. The van der Waals surface area contributed by atoms with Gasteiger partial charge < -0.3 is 19.7 Å². The Labute approximate surface area is 149 Å². The number of aliphatic hydroxyl groups excluding tert-OH is 1. The Balaban J connectivity index is 1.85. The average Bonchev–Trinajstić information content (AvgIpc) is 2.80. The summed E-state index contributed by atoms with van der Waals surface area (Å²) in [5, 5.41) is 18.3. The number of aliphatic hydroxyl groups is 1.